The van der Waals surface area contributed by atoms with Crippen LogP contribution in [0, 0.1) is 0 Å². The van der Waals surface area contributed by atoms with E-state index in [1.54, 1.807) is 0 Å². The van der Waals surface area contributed by atoms with Crippen molar-refractivity contribution in [1.82, 2.24) is 0 Å². The maximum atomic E-state index is 10.6. The van der Waals surface area contributed by atoms with Gasteiger partial charge in [0.25, 0.3) is 0 Å². The summed E-state index contributed by atoms with van der Waals surface area (Å²) in [5, 5.41) is 99.8. The summed E-state index contributed by atoms with van der Waals surface area (Å²) in [6.07, 6.45) is -24.1. The fourth-order valence-electron chi connectivity index (χ4n) is 3.98. The average molecular weight is 488 g/mol. The van der Waals surface area contributed by atoms with Crippen molar-refractivity contribution in [3.8, 4) is 0 Å². The van der Waals surface area contributed by atoms with Crippen molar-refractivity contribution in [2.45, 2.75) is 99.0 Å². The van der Waals surface area contributed by atoms with E-state index < -0.39 is 105 Å². The molecule has 3 aliphatic heterocycles. The predicted octanol–water partition coefficient (Wildman–Crippen LogP) is -6.55. The first-order chi connectivity index (χ1) is 15.5. The Morgan fingerprint density at radius 2 is 1.12 bits per heavy atom. The Kier molecular flexibility index (Phi) is 8.99. The lowest BCUT2D eigenvalue weighted by atomic mass is 9.96. The van der Waals surface area contributed by atoms with E-state index in [1.165, 1.54) is 6.92 Å². The Morgan fingerprint density at radius 1 is 0.545 bits per heavy atom. The molecule has 0 aromatic carbocycles. The molecule has 15 heteroatoms. The largest absolute Gasteiger partial charge is 0.394 e. The van der Waals surface area contributed by atoms with Crippen LogP contribution >= 0.6 is 0 Å². The van der Waals surface area contributed by atoms with Gasteiger partial charge in [-0.3, -0.25) is 0 Å². The molecule has 0 aliphatic carbocycles. The van der Waals surface area contributed by atoms with Crippen LogP contribution in [0.4, 0.5) is 0 Å². The Bertz CT molecular complexity index is 624. The molecule has 0 saturated carbocycles. The lowest BCUT2D eigenvalue weighted by Crippen LogP contribution is -2.66. The fraction of sp³-hybridized carbons (Fsp3) is 1.00. The van der Waals surface area contributed by atoms with E-state index in [1.807, 2.05) is 0 Å². The van der Waals surface area contributed by atoms with Crippen LogP contribution in [0.2, 0.25) is 0 Å². The molecule has 0 amide bonds. The fourth-order valence-corrected chi connectivity index (χ4v) is 3.98. The molecular formula is C18H32O15. The van der Waals surface area contributed by atoms with E-state index in [-0.39, 0.29) is 0 Å². The van der Waals surface area contributed by atoms with Gasteiger partial charge in [0.1, 0.15) is 67.1 Å². The van der Waals surface area contributed by atoms with Gasteiger partial charge in [0, 0.05) is 0 Å². The minimum atomic E-state index is -1.83. The van der Waals surface area contributed by atoms with Gasteiger partial charge in [-0.2, -0.15) is 0 Å². The van der Waals surface area contributed by atoms with Crippen molar-refractivity contribution in [2.75, 3.05) is 13.2 Å². The summed E-state index contributed by atoms with van der Waals surface area (Å²) < 4.78 is 26.9. The SMILES string of the molecule is CC1OC(OC2C(OC3C(CO)OC(O)C(O)C3O)OC(CO)C(O)C2O)C(O)C(O)C1O. The van der Waals surface area contributed by atoms with Crippen molar-refractivity contribution >= 4 is 0 Å². The second-order valence-corrected chi connectivity index (χ2v) is 8.32. The van der Waals surface area contributed by atoms with Crippen molar-refractivity contribution < 1.29 is 74.7 Å². The Morgan fingerprint density at radius 3 is 1.73 bits per heavy atom. The van der Waals surface area contributed by atoms with Gasteiger partial charge >= 0.3 is 0 Å². The highest BCUT2D eigenvalue weighted by atomic mass is 16.8. The van der Waals surface area contributed by atoms with Crippen molar-refractivity contribution in [2.24, 2.45) is 0 Å². The third-order valence-corrected chi connectivity index (χ3v) is 6.05. The highest BCUT2D eigenvalue weighted by molar-refractivity contribution is 4.95. The minimum Gasteiger partial charge on any atom is -0.394 e. The molecular weight excluding hydrogens is 456 g/mol. The Balaban J connectivity index is 1.83. The van der Waals surface area contributed by atoms with Crippen molar-refractivity contribution in [3.05, 3.63) is 0 Å². The molecule has 3 aliphatic rings. The highest BCUT2D eigenvalue weighted by Crippen LogP contribution is 2.32. The summed E-state index contributed by atoms with van der Waals surface area (Å²) in [4.78, 5) is 0. The number of aliphatic hydroxyl groups is 10. The number of ether oxygens (including phenoxy) is 5. The molecule has 0 bridgehead atoms. The molecule has 194 valence electrons. The molecule has 0 radical (unpaired) electrons. The highest BCUT2D eigenvalue weighted by Gasteiger charge is 2.53. The molecule has 10 N–H and O–H groups in total. The predicted molar refractivity (Wildman–Crippen MR) is 99.8 cm³/mol. The third kappa shape index (κ3) is 5.32. The normalized spacial score (nSPS) is 53.7. The monoisotopic (exact) mass is 488 g/mol. The van der Waals surface area contributed by atoms with Crippen LogP contribution in [0.5, 0.6) is 0 Å². The first-order valence-corrected chi connectivity index (χ1v) is 10.4. The van der Waals surface area contributed by atoms with E-state index >= 15 is 0 Å². The lowest BCUT2D eigenvalue weighted by molar-refractivity contribution is -0.385. The summed E-state index contributed by atoms with van der Waals surface area (Å²) in [6, 6.07) is 0. The van der Waals surface area contributed by atoms with Crippen molar-refractivity contribution in [1.29, 1.82) is 0 Å². The van der Waals surface area contributed by atoms with E-state index in [0.717, 1.165) is 0 Å². The van der Waals surface area contributed by atoms with Gasteiger partial charge in [0.15, 0.2) is 18.9 Å². The second kappa shape index (κ2) is 11.0. The van der Waals surface area contributed by atoms with Gasteiger partial charge in [-0.05, 0) is 6.92 Å². The Labute approximate surface area is 187 Å². The maximum Gasteiger partial charge on any atom is 0.187 e. The second-order valence-electron chi connectivity index (χ2n) is 8.32. The first-order valence-electron chi connectivity index (χ1n) is 10.4. The van der Waals surface area contributed by atoms with Gasteiger partial charge in [-0.25, -0.2) is 0 Å². The molecule has 15 atom stereocenters. The number of rotatable bonds is 6. The van der Waals surface area contributed by atoms with Crippen LogP contribution in [0.1, 0.15) is 6.92 Å². The topological polar surface area (TPSA) is 248 Å². The van der Waals surface area contributed by atoms with E-state index in [0.29, 0.717) is 0 Å². The zero-order valence-electron chi connectivity index (χ0n) is 17.6. The van der Waals surface area contributed by atoms with Gasteiger partial charge in [-0.15, -0.1) is 0 Å². The maximum absolute atomic E-state index is 10.6. The molecule has 3 saturated heterocycles. The van der Waals surface area contributed by atoms with Gasteiger partial charge < -0.3 is 74.7 Å². The molecule has 0 aromatic heterocycles. The average Bonchev–Trinajstić information content (AvgIpc) is 2.80. The molecule has 3 heterocycles. The summed E-state index contributed by atoms with van der Waals surface area (Å²) >= 11 is 0. The zero-order chi connectivity index (χ0) is 24.6. The van der Waals surface area contributed by atoms with E-state index in [4.69, 9.17) is 23.7 Å². The standard InChI is InChI=1S/C18H32O15/c1-4-7(21)9(23)13(27)17(29-4)33-15-10(24)8(22)5(2-19)31-18(15)32-14-6(3-20)30-16(28)12(26)11(14)25/h4-28H,2-3H2,1H3. The molecule has 0 spiro atoms. The van der Waals surface area contributed by atoms with Crippen LogP contribution in [-0.2, 0) is 23.7 Å². The van der Waals surface area contributed by atoms with Crippen LogP contribution in [0.15, 0.2) is 0 Å². The number of aliphatic hydroxyl groups excluding tert-OH is 10. The van der Waals surface area contributed by atoms with Gasteiger partial charge in [0.05, 0.1) is 19.3 Å². The first kappa shape index (κ1) is 27.0. The lowest BCUT2D eigenvalue weighted by Gasteiger charge is -2.48. The summed E-state index contributed by atoms with van der Waals surface area (Å²) in [6.45, 7) is -0.128. The van der Waals surface area contributed by atoms with Crippen molar-refractivity contribution in [3.63, 3.8) is 0 Å². The quantitative estimate of drug-likeness (QED) is 0.167. The van der Waals surface area contributed by atoms with E-state index in [9.17, 15) is 51.1 Å². The van der Waals surface area contributed by atoms with Gasteiger partial charge in [0.2, 0.25) is 0 Å². The smallest absolute Gasteiger partial charge is 0.187 e. The van der Waals surface area contributed by atoms with Crippen LogP contribution in [0.25, 0.3) is 0 Å². The molecule has 3 fully saturated rings. The molecule has 33 heavy (non-hydrogen) atoms. The summed E-state index contributed by atoms with van der Waals surface area (Å²) in [5.41, 5.74) is 0. The molecule has 15 nitrogen and oxygen atoms in total. The molecule has 0 aromatic rings. The van der Waals surface area contributed by atoms with E-state index in [2.05, 4.69) is 0 Å². The summed E-state index contributed by atoms with van der Waals surface area (Å²) in [7, 11) is 0. The van der Waals surface area contributed by atoms with Crippen LogP contribution in [0.3, 0.4) is 0 Å². The van der Waals surface area contributed by atoms with Crippen LogP contribution in [-0.4, -0.2) is 156 Å². The third-order valence-electron chi connectivity index (χ3n) is 6.05. The molecule has 3 rings (SSSR count). The molecule has 15 unspecified atom stereocenters. The minimum absolute atomic E-state index is 0.760. The summed E-state index contributed by atoms with van der Waals surface area (Å²) in [5.74, 6) is 0. The van der Waals surface area contributed by atoms with Gasteiger partial charge in [-0.1, -0.05) is 0 Å². The number of hydrogen-bond donors (Lipinski definition) is 10. The number of hydrogen-bond acceptors (Lipinski definition) is 15. The Hall–Kier alpha value is -0.600. The zero-order valence-corrected chi connectivity index (χ0v) is 17.6. The van der Waals surface area contributed by atoms with Crippen LogP contribution < -0.4 is 0 Å².